The number of carboxylic acids is 1. The zero-order chi connectivity index (χ0) is 15.8. The molecule has 0 aliphatic rings. The Kier molecular flexibility index (Phi) is 7.00. The van der Waals surface area contributed by atoms with Crippen molar-refractivity contribution in [1.82, 2.24) is 0 Å². The monoisotopic (exact) mass is 289 g/mol. The van der Waals surface area contributed by atoms with Gasteiger partial charge >= 0.3 is 5.97 Å². The van der Waals surface area contributed by atoms with Crippen molar-refractivity contribution in [2.24, 2.45) is 5.92 Å². The minimum atomic E-state index is -0.914. The predicted octanol–water partition coefficient (Wildman–Crippen LogP) is 4.44. The van der Waals surface area contributed by atoms with Crippen molar-refractivity contribution >= 4 is 17.7 Å². The van der Waals surface area contributed by atoms with E-state index in [2.05, 4.69) is 38.7 Å². The van der Waals surface area contributed by atoms with Crippen molar-refractivity contribution in [2.75, 3.05) is 11.4 Å². The lowest BCUT2D eigenvalue weighted by Gasteiger charge is -2.35. The molecule has 0 aliphatic carbocycles. The lowest BCUT2D eigenvalue weighted by Crippen LogP contribution is -2.37. The average molecular weight is 289 g/mol. The molecule has 1 aromatic rings. The molecule has 1 rings (SSSR count). The van der Waals surface area contributed by atoms with Crippen LogP contribution in [0.4, 0.5) is 5.69 Å². The number of carboxylic acid groups (broad SMARTS) is 1. The third-order valence-electron chi connectivity index (χ3n) is 3.60. The van der Waals surface area contributed by atoms with Gasteiger partial charge in [0.15, 0.2) is 0 Å². The molecular formula is C18H27NO2. The molecule has 0 aromatic heterocycles. The zero-order valence-corrected chi connectivity index (χ0v) is 13.5. The standard InChI is InChI=1S/C18H27NO2/c1-5-16(6-2)19(13-14(3)4)17-10-8-7-9-15(17)11-12-18(20)21/h7-12,14,16H,5-6,13H2,1-4H3,(H,20,21). The Morgan fingerprint density at radius 2 is 1.86 bits per heavy atom. The molecule has 0 spiro atoms. The molecule has 1 aromatic carbocycles. The Morgan fingerprint density at radius 1 is 1.24 bits per heavy atom. The summed E-state index contributed by atoms with van der Waals surface area (Å²) < 4.78 is 0. The highest BCUT2D eigenvalue weighted by atomic mass is 16.4. The number of rotatable bonds is 8. The third-order valence-corrected chi connectivity index (χ3v) is 3.60. The van der Waals surface area contributed by atoms with Crippen LogP contribution in [0.25, 0.3) is 6.08 Å². The summed E-state index contributed by atoms with van der Waals surface area (Å²) in [6.45, 7) is 9.81. The summed E-state index contributed by atoms with van der Waals surface area (Å²) >= 11 is 0. The number of hydrogen-bond donors (Lipinski definition) is 1. The minimum absolute atomic E-state index is 0.478. The van der Waals surface area contributed by atoms with E-state index >= 15 is 0 Å². The quantitative estimate of drug-likeness (QED) is 0.719. The van der Waals surface area contributed by atoms with Gasteiger partial charge in [0.1, 0.15) is 0 Å². The number of anilines is 1. The molecule has 0 radical (unpaired) electrons. The zero-order valence-electron chi connectivity index (χ0n) is 13.5. The van der Waals surface area contributed by atoms with Crippen molar-refractivity contribution in [3.63, 3.8) is 0 Å². The Hall–Kier alpha value is -1.77. The number of hydrogen-bond acceptors (Lipinski definition) is 2. The van der Waals surface area contributed by atoms with E-state index < -0.39 is 5.97 Å². The van der Waals surface area contributed by atoms with Crippen LogP contribution >= 0.6 is 0 Å². The summed E-state index contributed by atoms with van der Waals surface area (Å²) in [6.07, 6.45) is 5.06. The van der Waals surface area contributed by atoms with Gasteiger partial charge in [-0.05, 0) is 36.5 Å². The van der Waals surface area contributed by atoms with Crippen molar-refractivity contribution in [3.05, 3.63) is 35.9 Å². The molecule has 0 saturated carbocycles. The first-order chi connectivity index (χ1) is 9.99. The van der Waals surface area contributed by atoms with Gasteiger partial charge in [0, 0.05) is 24.4 Å². The van der Waals surface area contributed by atoms with Crippen LogP contribution < -0.4 is 4.90 Å². The van der Waals surface area contributed by atoms with Crippen LogP contribution in [0.2, 0.25) is 0 Å². The normalized spacial score (nSPS) is 11.5. The first-order valence-corrected chi connectivity index (χ1v) is 7.76. The van der Waals surface area contributed by atoms with E-state index in [1.165, 1.54) is 6.08 Å². The van der Waals surface area contributed by atoms with Gasteiger partial charge in [-0.3, -0.25) is 0 Å². The molecule has 0 fully saturated rings. The second-order valence-electron chi connectivity index (χ2n) is 5.75. The second-order valence-corrected chi connectivity index (χ2v) is 5.75. The molecular weight excluding hydrogens is 262 g/mol. The highest BCUT2D eigenvalue weighted by Gasteiger charge is 2.18. The van der Waals surface area contributed by atoms with Crippen molar-refractivity contribution in [2.45, 2.75) is 46.6 Å². The fraction of sp³-hybridized carbons (Fsp3) is 0.500. The summed E-state index contributed by atoms with van der Waals surface area (Å²) in [5.74, 6) is -0.357. The van der Waals surface area contributed by atoms with Gasteiger partial charge in [0.2, 0.25) is 0 Å². The Bertz CT molecular complexity index is 476. The Balaban J connectivity index is 3.20. The van der Waals surface area contributed by atoms with Gasteiger partial charge in [0.25, 0.3) is 0 Å². The SMILES string of the molecule is CCC(CC)N(CC(C)C)c1ccccc1C=CC(=O)O. The van der Waals surface area contributed by atoms with Crippen LogP contribution in [0.15, 0.2) is 30.3 Å². The molecule has 0 unspecified atom stereocenters. The number of nitrogens with zero attached hydrogens (tertiary/aromatic N) is 1. The topological polar surface area (TPSA) is 40.5 Å². The highest BCUT2D eigenvalue weighted by Crippen LogP contribution is 2.27. The smallest absolute Gasteiger partial charge is 0.328 e. The summed E-state index contributed by atoms with van der Waals surface area (Å²) in [7, 11) is 0. The molecule has 0 amide bonds. The fourth-order valence-corrected chi connectivity index (χ4v) is 2.62. The molecule has 0 saturated heterocycles. The largest absolute Gasteiger partial charge is 0.478 e. The third kappa shape index (κ3) is 5.25. The van der Waals surface area contributed by atoms with E-state index in [0.717, 1.165) is 30.6 Å². The van der Waals surface area contributed by atoms with Crippen LogP contribution in [-0.2, 0) is 4.79 Å². The van der Waals surface area contributed by atoms with Crippen molar-refractivity contribution in [3.8, 4) is 0 Å². The van der Waals surface area contributed by atoms with Gasteiger partial charge in [-0.1, -0.05) is 45.9 Å². The van der Waals surface area contributed by atoms with Crippen molar-refractivity contribution < 1.29 is 9.90 Å². The van der Waals surface area contributed by atoms with E-state index in [4.69, 9.17) is 5.11 Å². The predicted molar refractivity (Wildman–Crippen MR) is 89.7 cm³/mol. The van der Waals surface area contributed by atoms with Gasteiger partial charge in [0.05, 0.1) is 0 Å². The van der Waals surface area contributed by atoms with Gasteiger partial charge in [-0.15, -0.1) is 0 Å². The molecule has 116 valence electrons. The number of benzene rings is 1. The summed E-state index contributed by atoms with van der Waals surface area (Å²) in [6, 6.07) is 8.51. The first kappa shape index (κ1) is 17.3. The fourth-order valence-electron chi connectivity index (χ4n) is 2.62. The van der Waals surface area contributed by atoms with Crippen LogP contribution in [0, 0.1) is 5.92 Å². The van der Waals surface area contributed by atoms with Gasteiger partial charge in [-0.25, -0.2) is 4.79 Å². The molecule has 0 heterocycles. The van der Waals surface area contributed by atoms with Crippen LogP contribution in [0.3, 0.4) is 0 Å². The molecule has 3 heteroatoms. The Morgan fingerprint density at radius 3 is 2.38 bits per heavy atom. The average Bonchev–Trinajstić information content (AvgIpc) is 2.45. The van der Waals surface area contributed by atoms with E-state index in [1.807, 2.05) is 18.2 Å². The number of aliphatic carboxylic acids is 1. The summed E-state index contributed by atoms with van der Waals surface area (Å²) in [4.78, 5) is 13.2. The van der Waals surface area contributed by atoms with E-state index in [0.29, 0.717) is 12.0 Å². The number of para-hydroxylation sites is 1. The molecule has 0 bridgehead atoms. The van der Waals surface area contributed by atoms with E-state index in [-0.39, 0.29) is 0 Å². The van der Waals surface area contributed by atoms with Crippen LogP contribution in [0.5, 0.6) is 0 Å². The molecule has 3 nitrogen and oxygen atoms in total. The minimum Gasteiger partial charge on any atom is -0.478 e. The maximum Gasteiger partial charge on any atom is 0.328 e. The molecule has 1 N–H and O–H groups in total. The van der Waals surface area contributed by atoms with Crippen LogP contribution in [-0.4, -0.2) is 23.7 Å². The van der Waals surface area contributed by atoms with Crippen LogP contribution in [0.1, 0.15) is 46.1 Å². The molecule has 0 aliphatic heterocycles. The molecule has 21 heavy (non-hydrogen) atoms. The van der Waals surface area contributed by atoms with Gasteiger partial charge < -0.3 is 10.0 Å². The maximum atomic E-state index is 10.8. The van der Waals surface area contributed by atoms with E-state index in [9.17, 15) is 4.79 Å². The lowest BCUT2D eigenvalue weighted by atomic mass is 10.0. The summed E-state index contributed by atoms with van der Waals surface area (Å²) in [5, 5.41) is 8.85. The highest BCUT2D eigenvalue weighted by molar-refractivity contribution is 5.87. The molecule has 0 atom stereocenters. The van der Waals surface area contributed by atoms with Gasteiger partial charge in [-0.2, -0.15) is 0 Å². The maximum absolute atomic E-state index is 10.8. The van der Waals surface area contributed by atoms with E-state index in [1.54, 1.807) is 6.08 Å². The Labute approximate surface area is 128 Å². The number of carbonyl (C=O) groups is 1. The van der Waals surface area contributed by atoms with Crippen molar-refractivity contribution in [1.29, 1.82) is 0 Å². The first-order valence-electron chi connectivity index (χ1n) is 7.76. The summed E-state index contributed by atoms with van der Waals surface area (Å²) in [5.41, 5.74) is 2.09. The lowest BCUT2D eigenvalue weighted by molar-refractivity contribution is -0.131. The second kappa shape index (κ2) is 8.50.